The molecular formula is C19H26F3N3O5. The van der Waals surface area contributed by atoms with E-state index in [0.29, 0.717) is 17.5 Å². The minimum atomic E-state index is -5.08. The molecule has 0 radical (unpaired) electrons. The van der Waals surface area contributed by atoms with Crippen LogP contribution in [0.5, 0.6) is 0 Å². The first kappa shape index (κ1) is 22.5. The first-order valence-corrected chi connectivity index (χ1v) is 9.98. The summed E-state index contributed by atoms with van der Waals surface area (Å²) in [5.74, 6) is -0.987. The molecule has 2 saturated heterocycles. The third kappa shape index (κ3) is 4.94. The predicted molar refractivity (Wildman–Crippen MR) is 98.0 cm³/mol. The average Bonchev–Trinajstić information content (AvgIpc) is 3.27. The number of halogens is 3. The van der Waals surface area contributed by atoms with Gasteiger partial charge in [0.05, 0.1) is 12.1 Å². The molecule has 2 aliphatic heterocycles. The molecule has 0 bridgehead atoms. The Balaban J connectivity index is 0.000000318. The van der Waals surface area contributed by atoms with E-state index in [1.165, 1.54) is 0 Å². The summed E-state index contributed by atoms with van der Waals surface area (Å²) < 4.78 is 42.8. The van der Waals surface area contributed by atoms with Crippen LogP contribution >= 0.6 is 0 Å². The second-order valence-electron chi connectivity index (χ2n) is 7.84. The number of aromatic nitrogens is 1. The number of aliphatic carboxylic acids is 1. The molecule has 30 heavy (non-hydrogen) atoms. The van der Waals surface area contributed by atoms with Gasteiger partial charge in [0.25, 0.3) is 5.91 Å². The zero-order chi connectivity index (χ0) is 22.1. The standard InChI is InChI=1S/C17H25N3O3.C2HF3O2/c1-3-19-9-12-14(10-19)20(7-6-15(12)22-2)17(21)13-8-16(23-18-13)11-4-5-11;3-2(4,5)1(6)7/h8,11-12,14-15H,3-7,9-10H2,1-2H3;(H,6,7)/t12-,14+,15-;/m0./s1. The highest BCUT2D eigenvalue weighted by Gasteiger charge is 2.46. The van der Waals surface area contributed by atoms with Crippen molar-refractivity contribution < 1.29 is 37.1 Å². The number of carbonyl (C=O) groups excluding carboxylic acids is 1. The molecule has 3 aliphatic rings. The van der Waals surface area contributed by atoms with Crippen LogP contribution in [0.15, 0.2) is 10.6 Å². The van der Waals surface area contributed by atoms with Crippen molar-refractivity contribution in [2.75, 3.05) is 33.3 Å². The van der Waals surface area contributed by atoms with Gasteiger partial charge in [-0.05, 0) is 25.8 Å². The Morgan fingerprint density at radius 1 is 1.30 bits per heavy atom. The summed E-state index contributed by atoms with van der Waals surface area (Å²) in [4.78, 5) is 26.2. The second-order valence-corrected chi connectivity index (χ2v) is 7.84. The van der Waals surface area contributed by atoms with Crippen molar-refractivity contribution >= 4 is 11.9 Å². The molecule has 1 amide bonds. The number of carboxylic acids is 1. The van der Waals surface area contributed by atoms with Crippen molar-refractivity contribution in [2.45, 2.75) is 50.4 Å². The molecule has 1 N–H and O–H groups in total. The van der Waals surface area contributed by atoms with Crippen LogP contribution in [0.4, 0.5) is 13.2 Å². The van der Waals surface area contributed by atoms with Gasteiger partial charge in [0, 0.05) is 44.6 Å². The quantitative estimate of drug-likeness (QED) is 0.779. The Kier molecular flexibility index (Phi) is 6.71. The number of carboxylic acid groups (broad SMARTS) is 1. The number of nitrogens with zero attached hydrogens (tertiary/aromatic N) is 3. The number of methoxy groups -OCH3 is 1. The molecule has 1 saturated carbocycles. The molecule has 168 valence electrons. The van der Waals surface area contributed by atoms with E-state index < -0.39 is 12.1 Å². The largest absolute Gasteiger partial charge is 0.490 e. The van der Waals surface area contributed by atoms with Crippen molar-refractivity contribution in [3.63, 3.8) is 0 Å². The zero-order valence-electron chi connectivity index (χ0n) is 16.9. The monoisotopic (exact) mass is 433 g/mol. The van der Waals surface area contributed by atoms with Crippen LogP contribution < -0.4 is 0 Å². The molecule has 3 heterocycles. The lowest BCUT2D eigenvalue weighted by molar-refractivity contribution is -0.192. The predicted octanol–water partition coefficient (Wildman–Crippen LogP) is 2.37. The number of rotatable bonds is 4. The smallest absolute Gasteiger partial charge is 0.475 e. The number of hydrogen-bond donors (Lipinski definition) is 1. The first-order chi connectivity index (χ1) is 14.2. The SMILES string of the molecule is CCN1C[C@@H]2[C@@H](OC)CCN(C(=O)c3cc(C4CC4)on3)[C@@H]2C1.O=C(O)C(F)(F)F. The summed E-state index contributed by atoms with van der Waals surface area (Å²) in [6.45, 7) is 5.86. The van der Waals surface area contributed by atoms with Gasteiger partial charge in [-0.15, -0.1) is 0 Å². The summed E-state index contributed by atoms with van der Waals surface area (Å²) in [6, 6.07) is 2.08. The van der Waals surface area contributed by atoms with Gasteiger partial charge in [0.15, 0.2) is 5.69 Å². The van der Waals surface area contributed by atoms with Crippen LogP contribution in [0.2, 0.25) is 0 Å². The van der Waals surface area contributed by atoms with Crippen molar-refractivity contribution in [1.29, 1.82) is 0 Å². The van der Waals surface area contributed by atoms with E-state index >= 15 is 0 Å². The summed E-state index contributed by atoms with van der Waals surface area (Å²) in [5.41, 5.74) is 0.469. The van der Waals surface area contributed by atoms with E-state index in [4.69, 9.17) is 19.2 Å². The maximum absolute atomic E-state index is 12.9. The fourth-order valence-electron chi connectivity index (χ4n) is 4.14. The van der Waals surface area contributed by atoms with E-state index in [2.05, 4.69) is 17.0 Å². The van der Waals surface area contributed by atoms with Crippen LogP contribution in [0.25, 0.3) is 0 Å². The van der Waals surface area contributed by atoms with Crippen molar-refractivity contribution in [3.8, 4) is 0 Å². The molecular weight excluding hydrogens is 407 g/mol. The van der Waals surface area contributed by atoms with Gasteiger partial charge in [0.1, 0.15) is 5.76 Å². The number of ether oxygens (including phenoxy) is 1. The summed E-state index contributed by atoms with van der Waals surface area (Å²) >= 11 is 0. The molecule has 3 atom stereocenters. The van der Waals surface area contributed by atoms with E-state index in [1.807, 2.05) is 11.0 Å². The lowest BCUT2D eigenvalue weighted by Gasteiger charge is -2.40. The minimum Gasteiger partial charge on any atom is -0.475 e. The number of fused-ring (bicyclic) bond motifs is 1. The Morgan fingerprint density at radius 2 is 1.97 bits per heavy atom. The van der Waals surface area contributed by atoms with Crippen molar-refractivity contribution in [1.82, 2.24) is 15.0 Å². The highest BCUT2D eigenvalue weighted by molar-refractivity contribution is 5.92. The van der Waals surface area contributed by atoms with E-state index in [9.17, 15) is 18.0 Å². The maximum atomic E-state index is 12.9. The minimum absolute atomic E-state index is 0.0168. The molecule has 8 nitrogen and oxygen atoms in total. The number of hydrogen-bond acceptors (Lipinski definition) is 6. The highest BCUT2D eigenvalue weighted by atomic mass is 19.4. The molecule has 0 unspecified atom stereocenters. The lowest BCUT2D eigenvalue weighted by Crippen LogP contribution is -2.53. The first-order valence-electron chi connectivity index (χ1n) is 9.98. The van der Waals surface area contributed by atoms with E-state index in [-0.39, 0.29) is 18.1 Å². The van der Waals surface area contributed by atoms with Crippen molar-refractivity contribution in [2.24, 2.45) is 5.92 Å². The topological polar surface area (TPSA) is 96.1 Å². The third-order valence-electron chi connectivity index (χ3n) is 5.92. The van der Waals surface area contributed by atoms with Crippen molar-refractivity contribution in [3.05, 3.63) is 17.5 Å². The number of alkyl halides is 3. The van der Waals surface area contributed by atoms with Gasteiger partial charge in [0.2, 0.25) is 0 Å². The summed E-state index contributed by atoms with van der Waals surface area (Å²) in [7, 11) is 1.79. The van der Waals surface area contributed by atoms with Crippen LogP contribution in [0.3, 0.4) is 0 Å². The third-order valence-corrected chi connectivity index (χ3v) is 5.92. The van der Waals surface area contributed by atoms with Gasteiger partial charge >= 0.3 is 12.1 Å². The number of likely N-dealkylation sites (N-methyl/N-ethyl adjacent to an activating group) is 1. The number of piperidine rings is 1. The van der Waals surface area contributed by atoms with Crippen LogP contribution in [-0.4, -0.2) is 83.6 Å². The van der Waals surface area contributed by atoms with Crippen LogP contribution in [0, 0.1) is 5.92 Å². The fourth-order valence-corrected chi connectivity index (χ4v) is 4.14. The molecule has 1 aromatic heterocycles. The molecule has 3 fully saturated rings. The molecule has 4 rings (SSSR count). The second kappa shape index (κ2) is 8.93. The molecule has 1 aromatic rings. The van der Waals surface area contributed by atoms with Gasteiger partial charge < -0.3 is 24.2 Å². The van der Waals surface area contributed by atoms with Gasteiger partial charge in [-0.1, -0.05) is 12.1 Å². The Morgan fingerprint density at radius 3 is 2.50 bits per heavy atom. The summed E-state index contributed by atoms with van der Waals surface area (Å²) in [6.07, 6.45) is -1.63. The van der Waals surface area contributed by atoms with E-state index in [0.717, 1.165) is 51.2 Å². The molecule has 0 aromatic carbocycles. The van der Waals surface area contributed by atoms with Crippen LogP contribution in [-0.2, 0) is 9.53 Å². The fraction of sp³-hybridized carbons (Fsp3) is 0.737. The summed E-state index contributed by atoms with van der Waals surface area (Å²) in [5, 5.41) is 11.2. The zero-order valence-corrected chi connectivity index (χ0v) is 16.9. The molecule has 11 heteroatoms. The Bertz CT molecular complexity index is 765. The Labute approximate surface area is 171 Å². The maximum Gasteiger partial charge on any atom is 0.490 e. The molecule has 0 spiro atoms. The highest BCUT2D eigenvalue weighted by Crippen LogP contribution is 2.40. The van der Waals surface area contributed by atoms with Crippen LogP contribution in [0.1, 0.15) is 48.4 Å². The van der Waals surface area contributed by atoms with E-state index in [1.54, 1.807) is 7.11 Å². The Hall–Kier alpha value is -2.14. The average molecular weight is 433 g/mol. The van der Waals surface area contributed by atoms with Gasteiger partial charge in [-0.3, -0.25) is 4.79 Å². The van der Waals surface area contributed by atoms with Gasteiger partial charge in [-0.25, -0.2) is 4.79 Å². The number of likely N-dealkylation sites (tertiary alicyclic amines) is 2. The van der Waals surface area contributed by atoms with Gasteiger partial charge in [-0.2, -0.15) is 13.2 Å². The normalized spacial score (nSPS) is 26.7. The lowest BCUT2D eigenvalue weighted by atomic mass is 9.88. The molecule has 1 aliphatic carbocycles. The number of amides is 1. The number of carbonyl (C=O) groups is 2.